The fourth-order valence-corrected chi connectivity index (χ4v) is 1.85. The number of carbonyl (C=O) groups excluding carboxylic acids is 1. The average Bonchev–Trinajstić information content (AvgIpc) is 1.97. The molecule has 0 aromatic rings. The summed E-state index contributed by atoms with van der Waals surface area (Å²) in [5, 5.41) is 0. The van der Waals surface area contributed by atoms with Gasteiger partial charge in [0.05, 0.1) is 0 Å². The zero-order chi connectivity index (χ0) is 8.27. The van der Waals surface area contributed by atoms with Gasteiger partial charge in [-0.2, -0.15) is 0 Å². The molecule has 0 N–H and O–H groups in total. The summed E-state index contributed by atoms with van der Waals surface area (Å²) in [4.78, 5) is 11.3. The monoisotopic (exact) mass is 152 g/mol. The Morgan fingerprint density at radius 3 is 3.00 bits per heavy atom. The van der Waals surface area contributed by atoms with Gasteiger partial charge < -0.3 is 0 Å². The molecule has 0 bridgehead atoms. The summed E-state index contributed by atoms with van der Waals surface area (Å²) in [6.07, 6.45) is 5.84. The molecular formula is C10H16O. The molecule has 1 aliphatic rings. The van der Waals surface area contributed by atoms with E-state index in [1.807, 2.05) is 6.08 Å². The molecule has 1 aliphatic carbocycles. The summed E-state index contributed by atoms with van der Waals surface area (Å²) in [6, 6.07) is 0. The van der Waals surface area contributed by atoms with E-state index in [2.05, 4.69) is 13.5 Å². The molecule has 0 spiro atoms. The first-order valence-electron chi connectivity index (χ1n) is 4.39. The Morgan fingerprint density at radius 1 is 1.73 bits per heavy atom. The van der Waals surface area contributed by atoms with Crippen LogP contribution >= 0.6 is 0 Å². The molecule has 0 aromatic heterocycles. The standard InChI is InChI=1S/C10H16O/c1-3-5-9-8(2)6-4-7-10(9)11/h3,8-9H,1,4-7H2,2H3/t8-,9+/m0/s1. The van der Waals surface area contributed by atoms with Crippen LogP contribution in [0, 0.1) is 11.8 Å². The molecule has 1 heteroatoms. The zero-order valence-corrected chi connectivity index (χ0v) is 7.18. The minimum atomic E-state index is 0.279. The molecule has 0 radical (unpaired) electrons. The van der Waals surface area contributed by atoms with Crippen molar-refractivity contribution in [1.29, 1.82) is 0 Å². The average molecular weight is 152 g/mol. The van der Waals surface area contributed by atoms with Crippen LogP contribution in [0.5, 0.6) is 0 Å². The Bertz CT molecular complexity index is 160. The maximum atomic E-state index is 11.3. The van der Waals surface area contributed by atoms with Crippen LogP contribution in [-0.4, -0.2) is 5.78 Å². The molecule has 11 heavy (non-hydrogen) atoms. The number of ketones is 1. The van der Waals surface area contributed by atoms with E-state index in [4.69, 9.17) is 0 Å². The van der Waals surface area contributed by atoms with E-state index < -0.39 is 0 Å². The number of Topliss-reactive ketones (excluding diaryl/α,β-unsaturated/α-hetero) is 1. The minimum Gasteiger partial charge on any atom is -0.299 e. The Kier molecular flexibility index (Phi) is 2.86. The highest BCUT2D eigenvalue weighted by Crippen LogP contribution is 2.29. The van der Waals surface area contributed by atoms with Gasteiger partial charge in [0.1, 0.15) is 5.78 Å². The predicted molar refractivity (Wildman–Crippen MR) is 46.3 cm³/mol. The van der Waals surface area contributed by atoms with Crippen LogP contribution in [0.1, 0.15) is 32.6 Å². The van der Waals surface area contributed by atoms with E-state index in [1.165, 1.54) is 6.42 Å². The number of allylic oxidation sites excluding steroid dienone is 1. The molecule has 0 heterocycles. The SMILES string of the molecule is C=CC[C@H]1C(=O)CCC[C@@H]1C. The Labute approximate surface area is 68.5 Å². The lowest BCUT2D eigenvalue weighted by Crippen LogP contribution is -2.25. The van der Waals surface area contributed by atoms with E-state index in [0.717, 1.165) is 19.3 Å². The fraction of sp³-hybridized carbons (Fsp3) is 0.700. The highest BCUT2D eigenvalue weighted by Gasteiger charge is 2.26. The van der Waals surface area contributed by atoms with Crippen molar-refractivity contribution < 1.29 is 4.79 Å². The maximum Gasteiger partial charge on any atom is 0.136 e. The van der Waals surface area contributed by atoms with Gasteiger partial charge in [-0.3, -0.25) is 4.79 Å². The Morgan fingerprint density at radius 2 is 2.45 bits per heavy atom. The van der Waals surface area contributed by atoms with Gasteiger partial charge in [-0.05, 0) is 25.2 Å². The van der Waals surface area contributed by atoms with E-state index >= 15 is 0 Å². The van der Waals surface area contributed by atoms with E-state index in [-0.39, 0.29) is 5.92 Å². The zero-order valence-electron chi connectivity index (χ0n) is 7.18. The second-order valence-corrected chi connectivity index (χ2v) is 3.47. The van der Waals surface area contributed by atoms with Gasteiger partial charge >= 0.3 is 0 Å². The van der Waals surface area contributed by atoms with Crippen LogP contribution < -0.4 is 0 Å². The van der Waals surface area contributed by atoms with Gasteiger partial charge in [0.25, 0.3) is 0 Å². The van der Waals surface area contributed by atoms with Crippen molar-refractivity contribution in [3.8, 4) is 0 Å². The second-order valence-electron chi connectivity index (χ2n) is 3.47. The van der Waals surface area contributed by atoms with Gasteiger partial charge in [0, 0.05) is 12.3 Å². The minimum absolute atomic E-state index is 0.279. The summed E-state index contributed by atoms with van der Waals surface area (Å²) in [6.45, 7) is 5.84. The summed E-state index contributed by atoms with van der Waals surface area (Å²) in [5.74, 6) is 1.30. The van der Waals surface area contributed by atoms with Crippen molar-refractivity contribution in [1.82, 2.24) is 0 Å². The molecule has 0 aromatic carbocycles. The normalized spacial score (nSPS) is 31.9. The van der Waals surface area contributed by atoms with Crippen LogP contribution in [0.25, 0.3) is 0 Å². The lowest BCUT2D eigenvalue weighted by atomic mass is 9.78. The van der Waals surface area contributed by atoms with Crippen molar-refractivity contribution in [2.45, 2.75) is 32.6 Å². The molecule has 62 valence electrons. The molecule has 1 saturated carbocycles. The lowest BCUT2D eigenvalue weighted by molar-refractivity contribution is -0.126. The highest BCUT2D eigenvalue weighted by atomic mass is 16.1. The molecule has 1 rings (SSSR count). The van der Waals surface area contributed by atoms with Crippen LogP contribution in [0.2, 0.25) is 0 Å². The van der Waals surface area contributed by atoms with Crippen molar-refractivity contribution >= 4 is 5.78 Å². The fourth-order valence-electron chi connectivity index (χ4n) is 1.85. The molecule has 0 amide bonds. The van der Waals surface area contributed by atoms with Gasteiger partial charge in [0.2, 0.25) is 0 Å². The molecule has 0 unspecified atom stereocenters. The van der Waals surface area contributed by atoms with E-state index in [1.54, 1.807) is 0 Å². The maximum absolute atomic E-state index is 11.3. The van der Waals surface area contributed by atoms with Crippen molar-refractivity contribution in [2.24, 2.45) is 11.8 Å². The summed E-state index contributed by atoms with van der Waals surface area (Å²) in [7, 11) is 0. The summed E-state index contributed by atoms with van der Waals surface area (Å²) < 4.78 is 0. The first-order valence-corrected chi connectivity index (χ1v) is 4.39. The molecule has 0 aliphatic heterocycles. The second kappa shape index (κ2) is 3.70. The molecule has 2 atom stereocenters. The van der Waals surface area contributed by atoms with Crippen molar-refractivity contribution in [3.63, 3.8) is 0 Å². The highest BCUT2D eigenvalue weighted by molar-refractivity contribution is 5.82. The van der Waals surface area contributed by atoms with Crippen LogP contribution in [0.4, 0.5) is 0 Å². The van der Waals surface area contributed by atoms with E-state index in [0.29, 0.717) is 11.7 Å². The lowest BCUT2D eigenvalue weighted by Gasteiger charge is -2.26. The summed E-state index contributed by atoms with van der Waals surface area (Å²) >= 11 is 0. The van der Waals surface area contributed by atoms with Gasteiger partial charge in [-0.15, -0.1) is 6.58 Å². The van der Waals surface area contributed by atoms with Crippen LogP contribution in [0.15, 0.2) is 12.7 Å². The third-order valence-electron chi connectivity index (χ3n) is 2.60. The van der Waals surface area contributed by atoms with Crippen LogP contribution in [0.3, 0.4) is 0 Å². The molecule has 0 saturated heterocycles. The first kappa shape index (κ1) is 8.51. The van der Waals surface area contributed by atoms with Gasteiger partial charge in [-0.1, -0.05) is 13.0 Å². The Balaban J connectivity index is 2.54. The van der Waals surface area contributed by atoms with Gasteiger partial charge in [0.15, 0.2) is 0 Å². The van der Waals surface area contributed by atoms with Crippen molar-refractivity contribution in [2.75, 3.05) is 0 Å². The first-order chi connectivity index (χ1) is 5.25. The third-order valence-corrected chi connectivity index (χ3v) is 2.60. The molecule has 1 fully saturated rings. The quantitative estimate of drug-likeness (QED) is 0.556. The number of hydrogen-bond acceptors (Lipinski definition) is 1. The topological polar surface area (TPSA) is 17.1 Å². The third kappa shape index (κ3) is 1.92. The largest absolute Gasteiger partial charge is 0.299 e. The van der Waals surface area contributed by atoms with Gasteiger partial charge in [-0.25, -0.2) is 0 Å². The van der Waals surface area contributed by atoms with E-state index in [9.17, 15) is 4.79 Å². The summed E-state index contributed by atoms with van der Waals surface area (Å²) in [5.41, 5.74) is 0. The molecular weight excluding hydrogens is 136 g/mol. The van der Waals surface area contributed by atoms with Crippen LogP contribution in [-0.2, 0) is 4.79 Å². The Hall–Kier alpha value is -0.590. The number of hydrogen-bond donors (Lipinski definition) is 0. The molecule has 1 nitrogen and oxygen atoms in total. The van der Waals surface area contributed by atoms with Crippen molar-refractivity contribution in [3.05, 3.63) is 12.7 Å². The predicted octanol–water partition coefficient (Wildman–Crippen LogP) is 2.57. The number of carbonyl (C=O) groups is 1. The smallest absolute Gasteiger partial charge is 0.136 e. The number of rotatable bonds is 2.